The van der Waals surface area contributed by atoms with Crippen LogP contribution in [0.4, 0.5) is 0 Å². The molecule has 0 saturated heterocycles. The van der Waals surface area contributed by atoms with Crippen LogP contribution in [-0.4, -0.2) is 91.2 Å². The Morgan fingerprint density at radius 1 is 1.14 bits per heavy atom. The Balaban J connectivity index is 1.37. The molecule has 12 heteroatoms. The quantitative estimate of drug-likeness (QED) is 0.285. The number of aliphatic hydroxyl groups excluding tert-OH is 2. The molecule has 2 aliphatic carbocycles. The van der Waals surface area contributed by atoms with Gasteiger partial charge in [-0.25, -0.2) is 0 Å². The van der Waals surface area contributed by atoms with Crippen molar-refractivity contribution in [1.29, 1.82) is 0 Å². The number of benzene rings is 2. The van der Waals surface area contributed by atoms with Crippen LogP contribution in [0, 0.1) is 17.8 Å². The van der Waals surface area contributed by atoms with E-state index in [2.05, 4.69) is 26.1 Å². The smallest absolute Gasteiger partial charge is 0.249 e. The van der Waals surface area contributed by atoms with E-state index in [1.54, 1.807) is 24.3 Å². The fourth-order valence-corrected chi connectivity index (χ4v) is 7.72. The number of nitrogens with zero attached hydrogens (tertiary/aromatic N) is 1. The van der Waals surface area contributed by atoms with Gasteiger partial charge in [-0.3, -0.25) is 14.4 Å². The van der Waals surface area contributed by atoms with Crippen LogP contribution in [0.3, 0.4) is 0 Å². The summed E-state index contributed by atoms with van der Waals surface area (Å²) in [6.07, 6.45) is 2.93. The number of ether oxygens (including phenoxy) is 5. The maximum absolute atomic E-state index is 14.3. The van der Waals surface area contributed by atoms with Crippen molar-refractivity contribution in [3.05, 3.63) is 58.7 Å². The van der Waals surface area contributed by atoms with Crippen molar-refractivity contribution in [3.63, 3.8) is 0 Å². The molecule has 2 heterocycles. The maximum atomic E-state index is 14.3. The van der Waals surface area contributed by atoms with Crippen molar-refractivity contribution < 1.29 is 48.3 Å². The van der Waals surface area contributed by atoms with Crippen molar-refractivity contribution in [3.8, 4) is 23.0 Å². The molecule has 4 aliphatic rings. The minimum absolute atomic E-state index is 0.00327. The number of carbonyl (C=O) groups excluding carboxylic acids is 3. The Labute approximate surface area is 286 Å². The Bertz CT molecular complexity index is 1590. The molecule has 3 N–H and O–H groups in total. The van der Waals surface area contributed by atoms with Crippen LogP contribution in [0.1, 0.15) is 67.4 Å². The van der Waals surface area contributed by atoms with Crippen molar-refractivity contribution in [1.82, 2.24) is 10.2 Å². The summed E-state index contributed by atoms with van der Waals surface area (Å²) in [5.74, 6) is 1.33. The molecule has 7 atom stereocenters. The van der Waals surface area contributed by atoms with Crippen LogP contribution < -0.4 is 24.3 Å². The lowest BCUT2D eigenvalue weighted by Gasteiger charge is -2.41. The first-order valence-electron chi connectivity index (χ1n) is 17.1. The molecule has 49 heavy (non-hydrogen) atoms. The number of rotatable bonds is 12. The molecule has 264 valence electrons. The molecule has 7 unspecified atom stereocenters. The zero-order valence-electron chi connectivity index (χ0n) is 28.4. The second kappa shape index (κ2) is 14.8. The first-order valence-corrected chi connectivity index (χ1v) is 17.1. The number of hydrogen-bond acceptors (Lipinski definition) is 10. The molecule has 1 saturated carbocycles. The van der Waals surface area contributed by atoms with E-state index in [0.29, 0.717) is 52.4 Å². The highest BCUT2D eigenvalue weighted by Gasteiger charge is 2.51. The van der Waals surface area contributed by atoms with Gasteiger partial charge in [0.25, 0.3) is 0 Å². The molecule has 12 nitrogen and oxygen atoms in total. The molecule has 0 radical (unpaired) electrons. The topological polar surface area (TPSA) is 153 Å². The zero-order valence-corrected chi connectivity index (χ0v) is 28.4. The number of hydrogen-bond donors (Lipinski definition) is 3. The summed E-state index contributed by atoms with van der Waals surface area (Å²) < 4.78 is 29.4. The zero-order chi connectivity index (χ0) is 34.8. The molecule has 0 bridgehead atoms. The van der Waals surface area contributed by atoms with Crippen molar-refractivity contribution >= 4 is 18.1 Å². The summed E-state index contributed by atoms with van der Waals surface area (Å²) >= 11 is 0. The van der Waals surface area contributed by atoms with Gasteiger partial charge in [-0.15, -0.1) is 0 Å². The molecule has 2 aromatic carbocycles. The van der Waals surface area contributed by atoms with Gasteiger partial charge in [0.1, 0.15) is 25.1 Å². The Morgan fingerprint density at radius 3 is 2.67 bits per heavy atom. The highest BCUT2D eigenvalue weighted by atomic mass is 16.7. The molecule has 6 rings (SSSR count). The maximum Gasteiger partial charge on any atom is 0.249 e. The van der Waals surface area contributed by atoms with E-state index in [-0.39, 0.29) is 56.4 Å². The third-order valence-electron chi connectivity index (χ3n) is 10.3. The number of fused-ring (bicyclic) bond motifs is 4. The molecule has 0 spiro atoms. The molecule has 2 aromatic rings. The van der Waals surface area contributed by atoms with Crippen LogP contribution in [0.25, 0.3) is 0 Å². The van der Waals surface area contributed by atoms with Crippen molar-refractivity contribution in [2.45, 2.75) is 76.9 Å². The molecule has 2 aliphatic heterocycles. The van der Waals surface area contributed by atoms with E-state index in [1.165, 1.54) is 18.1 Å². The average Bonchev–Trinajstić information content (AvgIpc) is 3.73. The van der Waals surface area contributed by atoms with E-state index in [1.807, 2.05) is 6.07 Å². The number of methoxy groups -OCH3 is 1. The second-order valence-electron chi connectivity index (χ2n) is 13.8. The number of amides is 2. The number of aliphatic hydroxyl groups is 2. The summed E-state index contributed by atoms with van der Waals surface area (Å²) in [5, 5.41) is 24.3. The summed E-state index contributed by atoms with van der Waals surface area (Å²) in [6.45, 7) is 6.24. The summed E-state index contributed by atoms with van der Waals surface area (Å²) in [7, 11) is 1.45. The van der Waals surface area contributed by atoms with Gasteiger partial charge in [-0.1, -0.05) is 33.3 Å². The number of nitrogens with one attached hydrogen (secondary N) is 1. The summed E-state index contributed by atoms with van der Waals surface area (Å²) in [4.78, 5) is 41.4. The normalized spacial score (nSPS) is 26.7. The first-order chi connectivity index (χ1) is 23.6. The lowest BCUT2D eigenvalue weighted by molar-refractivity contribution is -0.148. The predicted octanol–water partition coefficient (Wildman–Crippen LogP) is 3.37. The molecule has 2 amide bonds. The standard InChI is InChI=1S/C37H46N2O10/c1-20(2)24-7-5-21(3)11-29(24)46-18-32(42)39(16-22-6-8-28-30(13-22)48-19-47-28)27-15-26(37(44)38-9-10-40)33-25-12-23(17-41)14-31(45-4)35(25)49-36(33)34(27)43/h6,8,12-15,17,20-21,24,27,29,33-34,36,40,43H,5,7,9-11,16,18-19H2,1-4H3,(H,38,44). The van der Waals surface area contributed by atoms with Gasteiger partial charge in [-0.05, 0) is 66.5 Å². The third kappa shape index (κ3) is 6.99. The minimum atomic E-state index is -1.28. The lowest BCUT2D eigenvalue weighted by atomic mass is 9.75. The van der Waals surface area contributed by atoms with Gasteiger partial charge in [-0.2, -0.15) is 0 Å². The largest absolute Gasteiger partial charge is 0.493 e. The molecular formula is C37H46N2O10. The summed E-state index contributed by atoms with van der Waals surface area (Å²) in [5.41, 5.74) is 1.80. The molecule has 1 fully saturated rings. The van der Waals surface area contributed by atoms with Gasteiger partial charge in [0.2, 0.25) is 18.6 Å². The Morgan fingerprint density at radius 2 is 1.94 bits per heavy atom. The highest BCUT2D eigenvalue weighted by molar-refractivity contribution is 5.96. The lowest BCUT2D eigenvalue weighted by Crippen LogP contribution is -2.56. The second-order valence-corrected chi connectivity index (χ2v) is 13.8. The number of aldehydes is 1. The van der Waals surface area contributed by atoms with E-state index < -0.39 is 30.1 Å². The van der Waals surface area contributed by atoms with Gasteiger partial charge in [0, 0.05) is 29.8 Å². The van der Waals surface area contributed by atoms with E-state index in [4.69, 9.17) is 23.7 Å². The predicted molar refractivity (Wildman–Crippen MR) is 178 cm³/mol. The van der Waals surface area contributed by atoms with Gasteiger partial charge < -0.3 is 44.1 Å². The van der Waals surface area contributed by atoms with Gasteiger partial charge in [0.15, 0.2) is 23.0 Å². The van der Waals surface area contributed by atoms with Crippen LogP contribution in [0.15, 0.2) is 42.0 Å². The summed E-state index contributed by atoms with van der Waals surface area (Å²) in [6, 6.07) is 7.55. The minimum Gasteiger partial charge on any atom is -0.493 e. The highest BCUT2D eigenvalue weighted by Crippen LogP contribution is 2.51. The fourth-order valence-electron chi connectivity index (χ4n) is 7.72. The Hall–Kier alpha value is -4.13. The molecule has 0 aromatic heterocycles. The van der Waals surface area contributed by atoms with Crippen molar-refractivity contribution in [2.24, 2.45) is 17.8 Å². The fraction of sp³-hybridized carbons (Fsp3) is 0.541. The van der Waals surface area contributed by atoms with Gasteiger partial charge >= 0.3 is 0 Å². The van der Waals surface area contributed by atoms with Crippen LogP contribution in [0.5, 0.6) is 23.0 Å². The average molecular weight is 679 g/mol. The first kappa shape index (κ1) is 34.7. The van der Waals surface area contributed by atoms with E-state index in [9.17, 15) is 24.6 Å². The van der Waals surface area contributed by atoms with E-state index in [0.717, 1.165) is 24.8 Å². The van der Waals surface area contributed by atoms with Crippen LogP contribution >= 0.6 is 0 Å². The van der Waals surface area contributed by atoms with Crippen LogP contribution in [-0.2, 0) is 20.9 Å². The van der Waals surface area contributed by atoms with Crippen molar-refractivity contribution in [2.75, 3.05) is 33.7 Å². The third-order valence-corrected chi connectivity index (χ3v) is 10.3. The van der Waals surface area contributed by atoms with Gasteiger partial charge in [0.05, 0.1) is 31.8 Å². The van der Waals surface area contributed by atoms with E-state index >= 15 is 0 Å². The molecular weight excluding hydrogens is 632 g/mol. The Kier molecular flexibility index (Phi) is 10.5. The monoisotopic (exact) mass is 678 g/mol. The van der Waals surface area contributed by atoms with Crippen LogP contribution in [0.2, 0.25) is 0 Å². The number of carbonyl (C=O) groups is 3. The SMILES string of the molecule is COc1cc(C=O)cc2c1OC1C2C(C(=O)NCCO)=CC(N(Cc2ccc3c(c2)OCO3)C(=O)COC2CC(C)CCC2C(C)C)C1O.